The molecule has 0 saturated carbocycles. The van der Waals surface area contributed by atoms with Crippen LogP contribution in [-0.2, 0) is 14.8 Å². The van der Waals surface area contributed by atoms with Crippen LogP contribution in [0.5, 0.6) is 5.75 Å². The molecule has 0 aliphatic carbocycles. The van der Waals surface area contributed by atoms with Crippen LogP contribution < -0.4 is 14.8 Å². The van der Waals surface area contributed by atoms with Crippen LogP contribution in [0, 0.1) is 5.92 Å². The Morgan fingerprint density at radius 1 is 1.12 bits per heavy atom. The first-order chi connectivity index (χ1) is 12.3. The van der Waals surface area contributed by atoms with Gasteiger partial charge in [0.05, 0.1) is 15.6 Å². The van der Waals surface area contributed by atoms with Gasteiger partial charge in [0.2, 0.25) is 10.0 Å². The molecule has 0 aromatic heterocycles. The standard InChI is InChI=1S/C18H21ClN2O4S/c1-13(2)11-20-26(23,24)15-9-7-14(8-10-15)25-12-18(22)21-17-6-4-3-5-16(17)19/h3-10,13,20H,11-12H2,1-2H3,(H,21,22). The number of anilines is 1. The first kappa shape index (κ1) is 20.2. The maximum Gasteiger partial charge on any atom is 0.262 e. The van der Waals surface area contributed by atoms with Crippen LogP contribution >= 0.6 is 11.6 Å². The van der Waals surface area contributed by atoms with Gasteiger partial charge in [0, 0.05) is 6.54 Å². The number of halogens is 1. The average molecular weight is 397 g/mol. The van der Waals surface area contributed by atoms with Crippen molar-refractivity contribution in [3.63, 3.8) is 0 Å². The summed E-state index contributed by atoms with van der Waals surface area (Å²) in [5.74, 6) is 0.236. The second-order valence-electron chi connectivity index (χ2n) is 6.03. The van der Waals surface area contributed by atoms with Crippen LogP contribution in [0.4, 0.5) is 5.69 Å². The number of hydrogen-bond acceptors (Lipinski definition) is 4. The minimum absolute atomic E-state index is 0.144. The van der Waals surface area contributed by atoms with Gasteiger partial charge in [0.1, 0.15) is 5.75 Å². The predicted octanol–water partition coefficient (Wildman–Crippen LogP) is 3.29. The van der Waals surface area contributed by atoms with Gasteiger partial charge < -0.3 is 10.1 Å². The molecular formula is C18H21ClN2O4S. The second kappa shape index (κ2) is 9.02. The van der Waals surface area contributed by atoms with E-state index < -0.39 is 10.0 Å². The molecule has 6 nitrogen and oxygen atoms in total. The van der Waals surface area contributed by atoms with Crippen molar-refractivity contribution in [2.45, 2.75) is 18.7 Å². The van der Waals surface area contributed by atoms with Crippen LogP contribution in [-0.4, -0.2) is 27.5 Å². The molecule has 2 aromatic rings. The Labute approximate surface area is 158 Å². The van der Waals surface area contributed by atoms with E-state index in [1.165, 1.54) is 24.3 Å². The van der Waals surface area contributed by atoms with Crippen LogP contribution in [0.25, 0.3) is 0 Å². The van der Waals surface area contributed by atoms with Gasteiger partial charge >= 0.3 is 0 Å². The minimum Gasteiger partial charge on any atom is -0.484 e. The van der Waals surface area contributed by atoms with Gasteiger partial charge in [-0.15, -0.1) is 0 Å². The SMILES string of the molecule is CC(C)CNS(=O)(=O)c1ccc(OCC(=O)Nc2ccccc2Cl)cc1. The van der Waals surface area contributed by atoms with Gasteiger partial charge in [-0.1, -0.05) is 37.6 Å². The summed E-state index contributed by atoms with van der Waals surface area (Å²) >= 11 is 5.97. The van der Waals surface area contributed by atoms with E-state index in [4.69, 9.17) is 16.3 Å². The maximum atomic E-state index is 12.1. The molecule has 2 rings (SSSR count). The van der Waals surface area contributed by atoms with Gasteiger partial charge in [-0.2, -0.15) is 0 Å². The minimum atomic E-state index is -3.55. The molecule has 0 bridgehead atoms. The fourth-order valence-electron chi connectivity index (χ4n) is 1.97. The Balaban J connectivity index is 1.91. The molecule has 2 aromatic carbocycles. The number of sulfonamides is 1. The molecule has 0 radical (unpaired) electrons. The van der Waals surface area contributed by atoms with E-state index >= 15 is 0 Å². The molecular weight excluding hydrogens is 376 g/mol. The fourth-order valence-corrected chi connectivity index (χ4v) is 3.37. The summed E-state index contributed by atoms with van der Waals surface area (Å²) in [7, 11) is -3.55. The third-order valence-corrected chi connectivity index (χ3v) is 5.10. The monoisotopic (exact) mass is 396 g/mol. The highest BCUT2D eigenvalue weighted by atomic mass is 35.5. The number of carbonyl (C=O) groups excluding carboxylic acids is 1. The van der Waals surface area contributed by atoms with E-state index in [9.17, 15) is 13.2 Å². The maximum absolute atomic E-state index is 12.1. The van der Waals surface area contributed by atoms with Crippen molar-refractivity contribution < 1.29 is 17.9 Å². The van der Waals surface area contributed by atoms with E-state index in [2.05, 4.69) is 10.0 Å². The van der Waals surface area contributed by atoms with Crippen molar-refractivity contribution >= 4 is 33.2 Å². The molecule has 8 heteroatoms. The number of amides is 1. The second-order valence-corrected chi connectivity index (χ2v) is 8.21. The Kier molecular flexibility index (Phi) is 7.02. The summed E-state index contributed by atoms with van der Waals surface area (Å²) in [6.07, 6.45) is 0. The van der Waals surface area contributed by atoms with Crippen molar-refractivity contribution in [1.82, 2.24) is 4.72 Å². The fraction of sp³-hybridized carbons (Fsp3) is 0.278. The van der Waals surface area contributed by atoms with E-state index in [1.54, 1.807) is 24.3 Å². The zero-order valence-corrected chi connectivity index (χ0v) is 16.1. The molecule has 0 aliphatic rings. The first-order valence-electron chi connectivity index (χ1n) is 8.05. The summed E-state index contributed by atoms with van der Waals surface area (Å²) in [4.78, 5) is 12.1. The lowest BCUT2D eigenvalue weighted by atomic mass is 10.2. The number of rotatable bonds is 8. The van der Waals surface area contributed by atoms with Gasteiger partial charge in [-0.3, -0.25) is 4.79 Å². The topological polar surface area (TPSA) is 84.5 Å². The highest BCUT2D eigenvalue weighted by Crippen LogP contribution is 2.20. The highest BCUT2D eigenvalue weighted by molar-refractivity contribution is 7.89. The van der Waals surface area contributed by atoms with E-state index in [-0.39, 0.29) is 23.3 Å². The Bertz CT molecular complexity index is 852. The van der Waals surface area contributed by atoms with Gasteiger partial charge in [-0.05, 0) is 42.3 Å². The van der Waals surface area contributed by atoms with Crippen molar-refractivity contribution in [1.29, 1.82) is 0 Å². The molecule has 1 amide bonds. The summed E-state index contributed by atoms with van der Waals surface area (Å²) in [5.41, 5.74) is 0.500. The lowest BCUT2D eigenvalue weighted by Crippen LogP contribution is -2.27. The number of carbonyl (C=O) groups is 1. The summed E-state index contributed by atoms with van der Waals surface area (Å²) < 4.78 is 32.1. The largest absolute Gasteiger partial charge is 0.484 e. The molecule has 0 heterocycles. The van der Waals surface area contributed by atoms with Gasteiger partial charge in [0.25, 0.3) is 5.91 Å². The van der Waals surface area contributed by atoms with Crippen molar-refractivity contribution in [3.05, 3.63) is 53.6 Å². The van der Waals surface area contributed by atoms with Crippen LogP contribution in [0.1, 0.15) is 13.8 Å². The van der Waals surface area contributed by atoms with E-state index in [0.29, 0.717) is 23.0 Å². The Morgan fingerprint density at radius 3 is 2.38 bits per heavy atom. The van der Waals surface area contributed by atoms with E-state index in [1.807, 2.05) is 13.8 Å². The van der Waals surface area contributed by atoms with Crippen LogP contribution in [0.2, 0.25) is 5.02 Å². The molecule has 0 unspecified atom stereocenters. The van der Waals surface area contributed by atoms with Gasteiger partial charge in [-0.25, -0.2) is 13.1 Å². The van der Waals surface area contributed by atoms with E-state index in [0.717, 1.165) is 0 Å². The molecule has 0 aliphatic heterocycles. The lowest BCUT2D eigenvalue weighted by molar-refractivity contribution is -0.118. The lowest BCUT2D eigenvalue weighted by Gasteiger charge is -2.10. The van der Waals surface area contributed by atoms with Crippen molar-refractivity contribution in [2.75, 3.05) is 18.5 Å². The quantitative estimate of drug-likeness (QED) is 0.717. The molecule has 0 saturated heterocycles. The molecule has 140 valence electrons. The smallest absolute Gasteiger partial charge is 0.262 e. The number of ether oxygens (including phenoxy) is 1. The summed E-state index contributed by atoms with van der Waals surface area (Å²) in [6.45, 7) is 3.99. The molecule has 0 spiro atoms. The van der Waals surface area contributed by atoms with Crippen molar-refractivity contribution in [2.24, 2.45) is 5.92 Å². The molecule has 26 heavy (non-hydrogen) atoms. The summed E-state index contributed by atoms with van der Waals surface area (Å²) in [5, 5.41) is 3.08. The third-order valence-electron chi connectivity index (χ3n) is 3.33. The summed E-state index contributed by atoms with van der Waals surface area (Å²) in [6, 6.07) is 12.8. The molecule has 0 atom stereocenters. The Morgan fingerprint density at radius 2 is 1.77 bits per heavy atom. The Hall–Kier alpha value is -2.09. The number of benzene rings is 2. The number of para-hydroxylation sites is 1. The van der Waals surface area contributed by atoms with Gasteiger partial charge in [0.15, 0.2) is 6.61 Å². The third kappa shape index (κ3) is 6.01. The zero-order valence-electron chi connectivity index (χ0n) is 14.5. The highest BCUT2D eigenvalue weighted by Gasteiger charge is 2.14. The van der Waals surface area contributed by atoms with Crippen molar-refractivity contribution in [3.8, 4) is 5.75 Å². The number of nitrogens with one attached hydrogen (secondary N) is 2. The van der Waals surface area contributed by atoms with Crippen LogP contribution in [0.3, 0.4) is 0 Å². The normalized spacial score (nSPS) is 11.4. The molecule has 2 N–H and O–H groups in total. The number of hydrogen-bond donors (Lipinski definition) is 2. The average Bonchev–Trinajstić information content (AvgIpc) is 2.61. The van der Waals surface area contributed by atoms with Crippen LogP contribution in [0.15, 0.2) is 53.4 Å². The predicted molar refractivity (Wildman–Crippen MR) is 102 cm³/mol. The first-order valence-corrected chi connectivity index (χ1v) is 9.91. The molecule has 0 fully saturated rings. The zero-order chi connectivity index (χ0) is 19.2.